The topological polar surface area (TPSA) is 23.8 Å². The Kier molecular flexibility index (Phi) is 8.35. The van der Waals surface area contributed by atoms with Crippen molar-refractivity contribution in [1.29, 1.82) is 5.26 Å². The molecule has 0 spiro atoms. The van der Waals surface area contributed by atoms with Gasteiger partial charge in [-0.05, 0) is 81.0 Å². The average Bonchev–Trinajstić information content (AvgIpc) is 2.72. The van der Waals surface area contributed by atoms with Gasteiger partial charge in [-0.3, -0.25) is 0 Å². The largest absolute Gasteiger partial charge is 0.198 e. The molecule has 3 saturated carbocycles. The third kappa shape index (κ3) is 5.74. The maximum Gasteiger partial charge on any atom is 0.0655 e. The fourth-order valence-electron chi connectivity index (χ4n) is 6.67. The van der Waals surface area contributed by atoms with Gasteiger partial charge in [0.25, 0.3) is 0 Å². The Balaban J connectivity index is 1.33. The molecule has 0 aromatic rings. The van der Waals surface area contributed by atoms with Gasteiger partial charge in [-0.1, -0.05) is 64.7 Å². The van der Waals surface area contributed by atoms with Crippen molar-refractivity contribution in [3.8, 4) is 6.07 Å². The molecular formula is C25H43N. The van der Waals surface area contributed by atoms with Crippen molar-refractivity contribution in [2.45, 2.75) is 116 Å². The molecule has 3 fully saturated rings. The lowest BCUT2D eigenvalue weighted by atomic mass is 9.64. The maximum absolute atomic E-state index is 9.27. The summed E-state index contributed by atoms with van der Waals surface area (Å²) in [6.45, 7) is 2.32. The fraction of sp³-hybridized carbons (Fsp3) is 0.960. The minimum Gasteiger partial charge on any atom is -0.198 e. The van der Waals surface area contributed by atoms with Gasteiger partial charge >= 0.3 is 0 Å². The highest BCUT2D eigenvalue weighted by atomic mass is 14.4. The summed E-state index contributed by atoms with van der Waals surface area (Å²) in [7, 11) is 0. The quantitative estimate of drug-likeness (QED) is 0.425. The first kappa shape index (κ1) is 20.2. The van der Waals surface area contributed by atoms with Crippen LogP contribution in [0.25, 0.3) is 0 Å². The van der Waals surface area contributed by atoms with Crippen molar-refractivity contribution >= 4 is 0 Å². The van der Waals surface area contributed by atoms with E-state index in [2.05, 4.69) is 13.0 Å². The zero-order chi connectivity index (χ0) is 18.2. The number of nitrogens with zero attached hydrogens (tertiary/aromatic N) is 1. The van der Waals surface area contributed by atoms with Crippen molar-refractivity contribution in [2.75, 3.05) is 0 Å². The van der Waals surface area contributed by atoms with Gasteiger partial charge in [-0.25, -0.2) is 0 Å². The lowest BCUT2D eigenvalue weighted by molar-refractivity contribution is 0.105. The van der Waals surface area contributed by atoms with E-state index in [0.29, 0.717) is 5.92 Å². The molecule has 0 bridgehead atoms. The number of unbranched alkanes of at least 4 members (excludes halogenated alkanes) is 3. The van der Waals surface area contributed by atoms with E-state index in [-0.39, 0.29) is 0 Å². The molecule has 148 valence electrons. The van der Waals surface area contributed by atoms with Gasteiger partial charge in [0.1, 0.15) is 0 Å². The molecule has 0 aliphatic heterocycles. The van der Waals surface area contributed by atoms with Crippen molar-refractivity contribution in [3.05, 3.63) is 0 Å². The molecular weight excluding hydrogens is 314 g/mol. The first-order chi connectivity index (χ1) is 12.8. The maximum atomic E-state index is 9.27. The van der Waals surface area contributed by atoms with Crippen LogP contribution >= 0.6 is 0 Å². The Morgan fingerprint density at radius 2 is 1.31 bits per heavy atom. The van der Waals surface area contributed by atoms with Gasteiger partial charge in [-0.2, -0.15) is 5.26 Å². The molecule has 0 saturated heterocycles. The van der Waals surface area contributed by atoms with Crippen LogP contribution in [0.15, 0.2) is 0 Å². The van der Waals surface area contributed by atoms with Crippen LogP contribution in [0.3, 0.4) is 0 Å². The minimum absolute atomic E-state index is 0.374. The summed E-state index contributed by atoms with van der Waals surface area (Å²) in [6, 6.07) is 2.56. The number of hydrogen-bond acceptors (Lipinski definition) is 1. The summed E-state index contributed by atoms with van der Waals surface area (Å²) in [5.74, 6) is 5.37. The number of hydrogen-bond donors (Lipinski definition) is 0. The first-order valence-corrected chi connectivity index (χ1v) is 12.2. The van der Waals surface area contributed by atoms with Crippen LogP contribution in [0.5, 0.6) is 0 Å². The smallest absolute Gasteiger partial charge is 0.0655 e. The molecule has 2 unspecified atom stereocenters. The normalized spacial score (nSPS) is 38.6. The van der Waals surface area contributed by atoms with Crippen LogP contribution in [0.4, 0.5) is 0 Å². The van der Waals surface area contributed by atoms with Gasteiger partial charge in [-0.15, -0.1) is 0 Å². The summed E-state index contributed by atoms with van der Waals surface area (Å²) in [6.07, 6.45) is 24.5. The van der Waals surface area contributed by atoms with Gasteiger partial charge in [0, 0.05) is 5.92 Å². The van der Waals surface area contributed by atoms with Crippen molar-refractivity contribution in [1.82, 2.24) is 0 Å². The molecule has 0 N–H and O–H groups in total. The SMILES string of the molecule is CCCCCCC1CCC(C2CCC(C3CCCC(C#N)C3)CC2)CC1. The Morgan fingerprint density at radius 3 is 1.92 bits per heavy atom. The Hall–Kier alpha value is -0.510. The monoisotopic (exact) mass is 357 g/mol. The molecule has 0 amide bonds. The molecule has 1 heteroatoms. The Labute approximate surface area is 163 Å². The molecule has 26 heavy (non-hydrogen) atoms. The Morgan fingerprint density at radius 1 is 0.692 bits per heavy atom. The van der Waals surface area contributed by atoms with Crippen molar-refractivity contribution in [3.63, 3.8) is 0 Å². The predicted octanol–water partition coefficient (Wildman–Crippen LogP) is 7.90. The predicted molar refractivity (Wildman–Crippen MR) is 111 cm³/mol. The van der Waals surface area contributed by atoms with Crippen LogP contribution in [-0.4, -0.2) is 0 Å². The van der Waals surface area contributed by atoms with Crippen molar-refractivity contribution in [2.24, 2.45) is 35.5 Å². The molecule has 3 aliphatic rings. The van der Waals surface area contributed by atoms with Gasteiger partial charge < -0.3 is 0 Å². The fourth-order valence-corrected chi connectivity index (χ4v) is 6.67. The van der Waals surface area contributed by atoms with E-state index < -0.39 is 0 Å². The van der Waals surface area contributed by atoms with Crippen LogP contribution in [0.1, 0.15) is 116 Å². The highest BCUT2D eigenvalue weighted by Crippen LogP contribution is 2.46. The molecule has 3 rings (SSSR count). The second-order valence-electron chi connectivity index (χ2n) is 10.1. The third-order valence-corrected chi connectivity index (χ3v) is 8.40. The zero-order valence-electron chi connectivity index (χ0n) is 17.4. The van der Waals surface area contributed by atoms with Gasteiger partial charge in [0.15, 0.2) is 0 Å². The van der Waals surface area contributed by atoms with Crippen LogP contribution in [0, 0.1) is 46.8 Å². The highest BCUT2D eigenvalue weighted by molar-refractivity contribution is 4.91. The third-order valence-electron chi connectivity index (χ3n) is 8.40. The lowest BCUT2D eigenvalue weighted by Gasteiger charge is -2.41. The molecule has 0 aromatic carbocycles. The standard InChI is InChI=1S/C25H43N/c1-2-3-4-5-7-20-10-12-22(13-11-20)23-14-16-24(17-15-23)25-9-6-8-21(18-25)19-26/h20-25H,2-18H2,1H3. The molecule has 0 heterocycles. The average molecular weight is 358 g/mol. The summed E-state index contributed by atoms with van der Waals surface area (Å²) in [4.78, 5) is 0. The highest BCUT2D eigenvalue weighted by Gasteiger charge is 2.34. The molecule has 0 aromatic heterocycles. The van der Waals surface area contributed by atoms with E-state index in [1.165, 1.54) is 109 Å². The lowest BCUT2D eigenvalue weighted by Crippen LogP contribution is -2.30. The van der Waals surface area contributed by atoms with E-state index in [1.54, 1.807) is 0 Å². The van der Waals surface area contributed by atoms with Gasteiger partial charge in [0.05, 0.1) is 6.07 Å². The van der Waals surface area contributed by atoms with E-state index in [9.17, 15) is 5.26 Å². The van der Waals surface area contributed by atoms with Gasteiger partial charge in [0.2, 0.25) is 0 Å². The second-order valence-corrected chi connectivity index (χ2v) is 10.1. The van der Waals surface area contributed by atoms with Crippen LogP contribution in [-0.2, 0) is 0 Å². The first-order valence-electron chi connectivity index (χ1n) is 12.2. The van der Waals surface area contributed by atoms with E-state index in [1.807, 2.05) is 0 Å². The molecule has 3 aliphatic carbocycles. The molecule has 1 nitrogen and oxygen atoms in total. The second kappa shape index (κ2) is 10.7. The zero-order valence-corrected chi connectivity index (χ0v) is 17.4. The van der Waals surface area contributed by atoms with E-state index >= 15 is 0 Å². The summed E-state index contributed by atoms with van der Waals surface area (Å²) in [5, 5.41) is 9.27. The van der Waals surface area contributed by atoms with E-state index in [0.717, 1.165) is 29.6 Å². The minimum atomic E-state index is 0.374. The molecule has 2 atom stereocenters. The van der Waals surface area contributed by atoms with Crippen LogP contribution in [0.2, 0.25) is 0 Å². The van der Waals surface area contributed by atoms with Crippen molar-refractivity contribution < 1.29 is 0 Å². The number of nitriles is 1. The summed E-state index contributed by atoms with van der Waals surface area (Å²) < 4.78 is 0. The van der Waals surface area contributed by atoms with Crippen LogP contribution < -0.4 is 0 Å². The molecule has 0 radical (unpaired) electrons. The summed E-state index contributed by atoms with van der Waals surface area (Å²) >= 11 is 0. The summed E-state index contributed by atoms with van der Waals surface area (Å²) in [5.41, 5.74) is 0. The van der Waals surface area contributed by atoms with E-state index in [4.69, 9.17) is 0 Å². The number of rotatable bonds is 7. The Bertz CT molecular complexity index is 420.